The van der Waals surface area contributed by atoms with Gasteiger partial charge in [-0.15, -0.1) is 0 Å². The van der Waals surface area contributed by atoms with Gasteiger partial charge in [0.05, 0.1) is 18.5 Å². The molecule has 0 radical (unpaired) electrons. The van der Waals surface area contributed by atoms with E-state index >= 15 is 0 Å². The van der Waals surface area contributed by atoms with Crippen LogP contribution in [0.3, 0.4) is 0 Å². The first kappa shape index (κ1) is 21.0. The Labute approximate surface area is 162 Å². The normalized spacial score (nSPS) is 11.9. The van der Waals surface area contributed by atoms with Crippen LogP contribution in [0.15, 0.2) is 48.5 Å². The predicted molar refractivity (Wildman–Crippen MR) is 111 cm³/mol. The molecule has 0 saturated carbocycles. The van der Waals surface area contributed by atoms with Gasteiger partial charge in [-0.3, -0.25) is 9.10 Å². The third kappa shape index (κ3) is 5.82. The van der Waals surface area contributed by atoms with Crippen LogP contribution in [0.1, 0.15) is 42.3 Å². The van der Waals surface area contributed by atoms with E-state index in [4.69, 9.17) is 0 Å². The zero-order valence-electron chi connectivity index (χ0n) is 16.6. The Morgan fingerprint density at radius 3 is 2.22 bits per heavy atom. The first-order chi connectivity index (χ1) is 12.5. The number of anilines is 1. The van der Waals surface area contributed by atoms with Gasteiger partial charge in [-0.2, -0.15) is 0 Å². The molecule has 1 amide bonds. The first-order valence-corrected chi connectivity index (χ1v) is 10.8. The molecule has 0 aliphatic rings. The average Bonchev–Trinajstić information content (AvgIpc) is 2.56. The minimum atomic E-state index is -3.44. The van der Waals surface area contributed by atoms with Crippen molar-refractivity contribution < 1.29 is 13.2 Å². The molecule has 0 unspecified atom stereocenters. The fraction of sp³-hybridized carbons (Fsp3) is 0.381. The second-order valence-corrected chi connectivity index (χ2v) is 9.66. The largest absolute Gasteiger partial charge is 0.350 e. The van der Waals surface area contributed by atoms with Gasteiger partial charge in [0.25, 0.3) is 5.91 Å². The topological polar surface area (TPSA) is 66.5 Å². The van der Waals surface area contributed by atoms with E-state index in [1.165, 1.54) is 10.6 Å². The molecule has 0 bridgehead atoms. The van der Waals surface area contributed by atoms with Crippen LogP contribution in [0.4, 0.5) is 5.69 Å². The first-order valence-electron chi connectivity index (χ1n) is 8.91. The number of amides is 1. The number of hydrogen-bond donors (Lipinski definition) is 1. The van der Waals surface area contributed by atoms with Gasteiger partial charge in [0.1, 0.15) is 0 Å². The van der Waals surface area contributed by atoms with E-state index in [1.807, 2.05) is 37.3 Å². The Hall–Kier alpha value is -2.34. The molecule has 6 heteroatoms. The molecular formula is C21H28N2O3S. The van der Waals surface area contributed by atoms with Crippen LogP contribution in [0.2, 0.25) is 0 Å². The predicted octanol–water partition coefficient (Wildman–Crippen LogP) is 3.49. The molecule has 1 N–H and O–H groups in total. The van der Waals surface area contributed by atoms with E-state index in [2.05, 4.69) is 26.1 Å². The van der Waals surface area contributed by atoms with E-state index in [-0.39, 0.29) is 24.4 Å². The maximum atomic E-state index is 12.3. The SMILES string of the molecule is Cc1cccc(N(CCNC(=O)c2ccc(C(C)(C)C)cc2)S(C)(=O)=O)c1. The molecule has 0 saturated heterocycles. The highest BCUT2D eigenvalue weighted by molar-refractivity contribution is 7.92. The maximum Gasteiger partial charge on any atom is 0.251 e. The summed E-state index contributed by atoms with van der Waals surface area (Å²) in [5.74, 6) is -0.215. The van der Waals surface area contributed by atoms with Gasteiger partial charge < -0.3 is 5.32 Å². The average molecular weight is 389 g/mol. The van der Waals surface area contributed by atoms with Crippen LogP contribution in [-0.2, 0) is 15.4 Å². The van der Waals surface area contributed by atoms with Crippen molar-refractivity contribution in [2.45, 2.75) is 33.1 Å². The van der Waals surface area contributed by atoms with Gasteiger partial charge in [0.2, 0.25) is 10.0 Å². The molecular weight excluding hydrogens is 360 g/mol. The standard InChI is InChI=1S/C21H28N2O3S/c1-16-7-6-8-19(15-16)23(27(5,25)26)14-13-22-20(24)17-9-11-18(12-10-17)21(2,3)4/h6-12,15H,13-14H2,1-5H3,(H,22,24). The number of nitrogens with one attached hydrogen (secondary N) is 1. The number of sulfonamides is 1. The Kier molecular flexibility index (Phi) is 6.31. The third-order valence-electron chi connectivity index (χ3n) is 4.30. The van der Waals surface area contributed by atoms with E-state index in [0.29, 0.717) is 11.3 Å². The fourth-order valence-corrected chi connectivity index (χ4v) is 3.68. The van der Waals surface area contributed by atoms with Crippen molar-refractivity contribution in [3.05, 3.63) is 65.2 Å². The van der Waals surface area contributed by atoms with Crippen LogP contribution in [0, 0.1) is 6.92 Å². The van der Waals surface area contributed by atoms with E-state index < -0.39 is 10.0 Å². The lowest BCUT2D eigenvalue weighted by molar-refractivity contribution is 0.0954. The molecule has 2 rings (SSSR count). The highest BCUT2D eigenvalue weighted by atomic mass is 32.2. The van der Waals surface area contributed by atoms with Crippen LogP contribution >= 0.6 is 0 Å². The van der Waals surface area contributed by atoms with Gasteiger partial charge in [0.15, 0.2) is 0 Å². The zero-order chi connectivity index (χ0) is 20.2. The molecule has 27 heavy (non-hydrogen) atoms. The molecule has 0 aliphatic heterocycles. The molecule has 0 fully saturated rings. The second kappa shape index (κ2) is 8.13. The Morgan fingerprint density at radius 2 is 1.70 bits per heavy atom. The lowest BCUT2D eigenvalue weighted by Gasteiger charge is -2.23. The monoisotopic (exact) mass is 388 g/mol. The van der Waals surface area contributed by atoms with Gasteiger partial charge >= 0.3 is 0 Å². The summed E-state index contributed by atoms with van der Waals surface area (Å²) in [6, 6.07) is 14.8. The molecule has 0 atom stereocenters. The summed E-state index contributed by atoms with van der Waals surface area (Å²) in [5.41, 5.74) is 3.32. The summed E-state index contributed by atoms with van der Waals surface area (Å²) in [6.45, 7) is 8.66. The van der Waals surface area contributed by atoms with Crippen LogP contribution in [0.25, 0.3) is 0 Å². The summed E-state index contributed by atoms with van der Waals surface area (Å²) in [6.07, 6.45) is 1.17. The fourth-order valence-electron chi connectivity index (χ4n) is 2.76. The molecule has 5 nitrogen and oxygen atoms in total. The molecule has 2 aromatic rings. The molecule has 0 spiro atoms. The van der Waals surface area contributed by atoms with E-state index in [1.54, 1.807) is 18.2 Å². The van der Waals surface area contributed by atoms with Gasteiger partial charge in [0, 0.05) is 12.1 Å². The van der Waals surface area contributed by atoms with E-state index in [9.17, 15) is 13.2 Å². The maximum absolute atomic E-state index is 12.3. The van der Waals surface area contributed by atoms with Gasteiger partial charge in [-0.1, -0.05) is 45.0 Å². The highest BCUT2D eigenvalue weighted by Crippen LogP contribution is 2.22. The van der Waals surface area contributed by atoms with Crippen molar-refractivity contribution in [1.82, 2.24) is 5.32 Å². The smallest absolute Gasteiger partial charge is 0.251 e. The van der Waals surface area contributed by atoms with Crippen molar-refractivity contribution in [3.8, 4) is 0 Å². The number of nitrogens with zero attached hydrogens (tertiary/aromatic N) is 1. The zero-order valence-corrected chi connectivity index (χ0v) is 17.4. The van der Waals surface area contributed by atoms with Crippen molar-refractivity contribution in [2.75, 3.05) is 23.7 Å². The summed E-state index contributed by atoms with van der Waals surface area (Å²) in [7, 11) is -3.44. The lowest BCUT2D eigenvalue weighted by atomic mass is 9.87. The van der Waals surface area contributed by atoms with Gasteiger partial charge in [-0.05, 0) is 47.7 Å². The molecule has 0 heterocycles. The van der Waals surface area contributed by atoms with Gasteiger partial charge in [-0.25, -0.2) is 8.42 Å². The number of carbonyl (C=O) groups is 1. The molecule has 0 aliphatic carbocycles. The molecule has 2 aromatic carbocycles. The summed E-state index contributed by atoms with van der Waals surface area (Å²) in [4.78, 5) is 12.3. The lowest BCUT2D eigenvalue weighted by Crippen LogP contribution is -2.38. The van der Waals surface area contributed by atoms with Crippen molar-refractivity contribution >= 4 is 21.6 Å². The Morgan fingerprint density at radius 1 is 1.07 bits per heavy atom. The molecule has 146 valence electrons. The number of aryl methyl sites for hydroxylation is 1. The van der Waals surface area contributed by atoms with Crippen molar-refractivity contribution in [3.63, 3.8) is 0 Å². The summed E-state index contributed by atoms with van der Waals surface area (Å²) < 4.78 is 25.6. The minimum absolute atomic E-state index is 0.0266. The third-order valence-corrected chi connectivity index (χ3v) is 5.50. The number of carbonyl (C=O) groups excluding carboxylic acids is 1. The highest BCUT2D eigenvalue weighted by Gasteiger charge is 2.18. The van der Waals surface area contributed by atoms with Crippen LogP contribution in [0.5, 0.6) is 0 Å². The second-order valence-electron chi connectivity index (χ2n) is 7.76. The molecule has 0 aromatic heterocycles. The van der Waals surface area contributed by atoms with Crippen molar-refractivity contribution in [2.24, 2.45) is 0 Å². The summed E-state index contributed by atoms with van der Waals surface area (Å²) in [5, 5.41) is 2.80. The Balaban J connectivity index is 2.03. The van der Waals surface area contributed by atoms with E-state index in [0.717, 1.165) is 11.1 Å². The van der Waals surface area contributed by atoms with Crippen LogP contribution in [-0.4, -0.2) is 33.7 Å². The minimum Gasteiger partial charge on any atom is -0.350 e. The quantitative estimate of drug-likeness (QED) is 0.824. The number of rotatable bonds is 6. The number of hydrogen-bond acceptors (Lipinski definition) is 3. The van der Waals surface area contributed by atoms with Crippen molar-refractivity contribution in [1.29, 1.82) is 0 Å². The Bertz CT molecular complexity index is 898. The summed E-state index contributed by atoms with van der Waals surface area (Å²) >= 11 is 0. The number of benzene rings is 2. The van der Waals surface area contributed by atoms with Crippen LogP contribution < -0.4 is 9.62 Å².